The highest BCUT2D eigenvalue weighted by Gasteiger charge is 2.09. The minimum Gasteiger partial charge on any atom is -0.481 e. The third-order valence-electron chi connectivity index (χ3n) is 1.89. The Morgan fingerprint density at radius 2 is 2.21 bits per heavy atom. The van der Waals surface area contributed by atoms with E-state index in [0.29, 0.717) is 25.8 Å². The Morgan fingerprint density at radius 1 is 1.57 bits per heavy atom. The van der Waals surface area contributed by atoms with Crippen molar-refractivity contribution in [1.29, 1.82) is 0 Å². The summed E-state index contributed by atoms with van der Waals surface area (Å²) < 4.78 is 0. The molecule has 0 aromatic heterocycles. The summed E-state index contributed by atoms with van der Waals surface area (Å²) in [6.07, 6.45) is 3.13. The number of carbonyl (C=O) groups excluding carboxylic acids is 1. The molecule has 0 radical (unpaired) electrons. The van der Waals surface area contributed by atoms with E-state index in [4.69, 9.17) is 5.11 Å². The van der Waals surface area contributed by atoms with Crippen LogP contribution in [0.1, 0.15) is 26.2 Å². The minimum absolute atomic E-state index is 0.0667. The van der Waals surface area contributed by atoms with E-state index < -0.39 is 5.97 Å². The maximum atomic E-state index is 10.9. The van der Waals surface area contributed by atoms with E-state index in [1.807, 2.05) is 0 Å². The standard InChI is InChI=1S/C10H17NO3/c1-3-5-9(12)11-7-4-6-8(2)10(13)14/h3,8H,1,4-7H2,2H3,(H,11,12)(H,13,14). The zero-order chi connectivity index (χ0) is 11.0. The second-order valence-electron chi connectivity index (χ2n) is 3.22. The van der Waals surface area contributed by atoms with E-state index in [9.17, 15) is 9.59 Å². The summed E-state index contributed by atoms with van der Waals surface area (Å²) >= 11 is 0. The van der Waals surface area contributed by atoms with Crippen LogP contribution in [0.15, 0.2) is 12.7 Å². The lowest BCUT2D eigenvalue weighted by Crippen LogP contribution is -2.24. The molecule has 0 bridgehead atoms. The summed E-state index contributed by atoms with van der Waals surface area (Å²) in [4.78, 5) is 21.4. The van der Waals surface area contributed by atoms with Crippen LogP contribution >= 0.6 is 0 Å². The molecule has 4 heteroatoms. The zero-order valence-corrected chi connectivity index (χ0v) is 8.45. The Balaban J connectivity index is 3.42. The lowest BCUT2D eigenvalue weighted by molar-refractivity contribution is -0.141. The summed E-state index contributed by atoms with van der Waals surface area (Å²) in [5.74, 6) is -1.20. The van der Waals surface area contributed by atoms with E-state index in [1.54, 1.807) is 6.92 Å². The number of aliphatic carboxylic acids is 1. The van der Waals surface area contributed by atoms with Crippen molar-refractivity contribution < 1.29 is 14.7 Å². The Bertz CT molecular complexity index is 213. The van der Waals surface area contributed by atoms with Crippen LogP contribution in [0, 0.1) is 5.92 Å². The summed E-state index contributed by atoms with van der Waals surface area (Å²) in [5, 5.41) is 11.2. The van der Waals surface area contributed by atoms with Crippen LogP contribution in [-0.4, -0.2) is 23.5 Å². The first-order valence-corrected chi connectivity index (χ1v) is 4.68. The fourth-order valence-electron chi connectivity index (χ4n) is 0.963. The molecule has 0 saturated carbocycles. The zero-order valence-electron chi connectivity index (χ0n) is 8.45. The number of carboxylic acids is 1. The van der Waals surface area contributed by atoms with Crippen molar-refractivity contribution in [3.63, 3.8) is 0 Å². The molecule has 0 saturated heterocycles. The smallest absolute Gasteiger partial charge is 0.306 e. The molecule has 1 unspecified atom stereocenters. The molecule has 1 atom stereocenters. The molecule has 0 aliphatic heterocycles. The largest absolute Gasteiger partial charge is 0.481 e. The summed E-state index contributed by atoms with van der Waals surface area (Å²) in [6, 6.07) is 0. The van der Waals surface area contributed by atoms with Crippen LogP contribution in [-0.2, 0) is 9.59 Å². The van der Waals surface area contributed by atoms with Crippen molar-refractivity contribution in [3.05, 3.63) is 12.7 Å². The number of nitrogens with one attached hydrogen (secondary N) is 1. The first-order chi connectivity index (χ1) is 6.57. The van der Waals surface area contributed by atoms with Crippen molar-refractivity contribution in [1.82, 2.24) is 5.32 Å². The number of carboxylic acid groups (broad SMARTS) is 1. The van der Waals surface area contributed by atoms with Gasteiger partial charge in [0.1, 0.15) is 0 Å². The summed E-state index contributed by atoms with van der Waals surface area (Å²) in [6.45, 7) is 5.63. The van der Waals surface area contributed by atoms with Crippen molar-refractivity contribution in [2.24, 2.45) is 5.92 Å². The van der Waals surface area contributed by atoms with E-state index >= 15 is 0 Å². The molecule has 0 rings (SSSR count). The quantitative estimate of drug-likeness (QED) is 0.478. The van der Waals surface area contributed by atoms with E-state index in [2.05, 4.69) is 11.9 Å². The van der Waals surface area contributed by atoms with E-state index in [-0.39, 0.29) is 11.8 Å². The van der Waals surface area contributed by atoms with Crippen molar-refractivity contribution >= 4 is 11.9 Å². The number of amides is 1. The third kappa shape index (κ3) is 6.22. The molecule has 0 aliphatic carbocycles. The summed E-state index contributed by atoms with van der Waals surface area (Å²) in [5.41, 5.74) is 0. The van der Waals surface area contributed by atoms with Gasteiger partial charge in [0.05, 0.1) is 5.92 Å². The van der Waals surface area contributed by atoms with Gasteiger partial charge < -0.3 is 10.4 Å². The second kappa shape index (κ2) is 7.12. The fourth-order valence-corrected chi connectivity index (χ4v) is 0.963. The molecular weight excluding hydrogens is 182 g/mol. The molecule has 80 valence electrons. The molecule has 1 amide bonds. The van der Waals surface area contributed by atoms with Gasteiger partial charge in [-0.15, -0.1) is 6.58 Å². The molecule has 0 aromatic carbocycles. The highest BCUT2D eigenvalue weighted by Crippen LogP contribution is 2.04. The van der Waals surface area contributed by atoms with Gasteiger partial charge in [-0.3, -0.25) is 9.59 Å². The second-order valence-corrected chi connectivity index (χ2v) is 3.22. The minimum atomic E-state index is -0.789. The normalized spacial score (nSPS) is 11.8. The average molecular weight is 199 g/mol. The van der Waals surface area contributed by atoms with Crippen LogP contribution in [0.25, 0.3) is 0 Å². The van der Waals surface area contributed by atoms with Gasteiger partial charge in [0.2, 0.25) is 5.91 Å². The van der Waals surface area contributed by atoms with E-state index in [0.717, 1.165) is 0 Å². The van der Waals surface area contributed by atoms with Gasteiger partial charge in [-0.05, 0) is 12.8 Å². The first-order valence-electron chi connectivity index (χ1n) is 4.68. The lowest BCUT2D eigenvalue weighted by atomic mass is 10.1. The maximum Gasteiger partial charge on any atom is 0.306 e. The highest BCUT2D eigenvalue weighted by atomic mass is 16.4. The van der Waals surface area contributed by atoms with Gasteiger partial charge in [-0.1, -0.05) is 13.0 Å². The number of rotatable bonds is 7. The van der Waals surface area contributed by atoms with E-state index in [1.165, 1.54) is 6.08 Å². The molecule has 2 N–H and O–H groups in total. The van der Waals surface area contributed by atoms with Crippen molar-refractivity contribution in [2.75, 3.05) is 6.54 Å². The predicted molar refractivity (Wildman–Crippen MR) is 53.9 cm³/mol. The molecule has 0 heterocycles. The predicted octanol–water partition coefficient (Wildman–Crippen LogP) is 1.18. The molecule has 4 nitrogen and oxygen atoms in total. The maximum absolute atomic E-state index is 10.9. The third-order valence-corrected chi connectivity index (χ3v) is 1.89. The number of carbonyl (C=O) groups is 2. The molecule has 0 fully saturated rings. The van der Waals surface area contributed by atoms with Crippen LogP contribution < -0.4 is 5.32 Å². The first kappa shape index (κ1) is 12.7. The highest BCUT2D eigenvalue weighted by molar-refractivity contribution is 5.77. The number of hydrogen-bond donors (Lipinski definition) is 2. The fraction of sp³-hybridized carbons (Fsp3) is 0.600. The molecule has 0 aliphatic rings. The van der Waals surface area contributed by atoms with Gasteiger partial charge in [0.25, 0.3) is 0 Å². The van der Waals surface area contributed by atoms with Gasteiger partial charge in [-0.25, -0.2) is 0 Å². The topological polar surface area (TPSA) is 66.4 Å². The Morgan fingerprint density at radius 3 is 2.71 bits per heavy atom. The van der Waals surface area contributed by atoms with Crippen LogP contribution in [0.2, 0.25) is 0 Å². The molecule has 0 spiro atoms. The van der Waals surface area contributed by atoms with Crippen molar-refractivity contribution in [2.45, 2.75) is 26.2 Å². The van der Waals surface area contributed by atoms with Gasteiger partial charge in [0, 0.05) is 13.0 Å². The van der Waals surface area contributed by atoms with Gasteiger partial charge in [0.15, 0.2) is 0 Å². The van der Waals surface area contributed by atoms with Crippen LogP contribution in [0.3, 0.4) is 0 Å². The van der Waals surface area contributed by atoms with Gasteiger partial charge in [-0.2, -0.15) is 0 Å². The Labute approximate surface area is 84.0 Å². The number of hydrogen-bond acceptors (Lipinski definition) is 2. The SMILES string of the molecule is C=CCC(=O)NCCCC(C)C(=O)O. The van der Waals surface area contributed by atoms with Crippen molar-refractivity contribution in [3.8, 4) is 0 Å². The Kier molecular flexibility index (Phi) is 6.45. The molecule has 14 heavy (non-hydrogen) atoms. The lowest BCUT2D eigenvalue weighted by Gasteiger charge is -2.06. The van der Waals surface area contributed by atoms with Gasteiger partial charge >= 0.3 is 5.97 Å². The monoisotopic (exact) mass is 199 g/mol. The average Bonchev–Trinajstić information content (AvgIpc) is 2.12. The Hall–Kier alpha value is -1.32. The van der Waals surface area contributed by atoms with Crippen LogP contribution in [0.4, 0.5) is 0 Å². The van der Waals surface area contributed by atoms with Crippen LogP contribution in [0.5, 0.6) is 0 Å². The molecular formula is C10H17NO3. The summed E-state index contributed by atoms with van der Waals surface area (Å²) in [7, 11) is 0. The molecule has 0 aromatic rings.